The summed E-state index contributed by atoms with van der Waals surface area (Å²) in [4.78, 5) is 14.3. The van der Waals surface area contributed by atoms with E-state index in [1.54, 1.807) is 0 Å². The Kier molecular flexibility index (Phi) is 5.33. The summed E-state index contributed by atoms with van der Waals surface area (Å²) in [5, 5.41) is 0. The van der Waals surface area contributed by atoms with Crippen LogP contribution in [0.4, 0.5) is 5.69 Å². The number of nitrogens with zero attached hydrogens (tertiary/aromatic N) is 1. The van der Waals surface area contributed by atoms with E-state index in [0.29, 0.717) is 19.5 Å². The molecule has 0 bridgehead atoms. The molecule has 2 aromatic rings. The molecular formula is C17H20N2O. The molecule has 0 atom stereocenters. The number of nitrogens with two attached hydrogens (primary N) is 1. The van der Waals surface area contributed by atoms with Gasteiger partial charge in [0.1, 0.15) is 0 Å². The van der Waals surface area contributed by atoms with E-state index in [1.807, 2.05) is 65.6 Å². The van der Waals surface area contributed by atoms with Gasteiger partial charge in [-0.3, -0.25) is 4.79 Å². The molecule has 20 heavy (non-hydrogen) atoms. The van der Waals surface area contributed by atoms with Crippen molar-refractivity contribution in [1.82, 2.24) is 0 Å². The van der Waals surface area contributed by atoms with E-state index in [4.69, 9.17) is 5.73 Å². The first kappa shape index (κ1) is 14.3. The predicted octanol–water partition coefficient (Wildman–Crippen LogP) is 2.61. The summed E-state index contributed by atoms with van der Waals surface area (Å²) in [5.74, 6) is 0.107. The Labute approximate surface area is 120 Å². The molecule has 0 saturated carbocycles. The molecule has 3 nitrogen and oxygen atoms in total. The number of carbonyl (C=O) groups is 1. The highest BCUT2D eigenvalue weighted by atomic mass is 16.2. The predicted molar refractivity (Wildman–Crippen MR) is 82.6 cm³/mol. The molecule has 1 amide bonds. The van der Waals surface area contributed by atoms with Crippen molar-refractivity contribution in [2.24, 2.45) is 5.73 Å². The maximum Gasteiger partial charge on any atom is 0.231 e. The molecule has 2 rings (SSSR count). The lowest BCUT2D eigenvalue weighted by atomic mass is 10.1. The van der Waals surface area contributed by atoms with Gasteiger partial charge in [0.2, 0.25) is 5.91 Å². The molecule has 3 heteroatoms. The van der Waals surface area contributed by atoms with Crippen molar-refractivity contribution in [3.05, 3.63) is 66.2 Å². The lowest BCUT2D eigenvalue weighted by Gasteiger charge is -2.22. The van der Waals surface area contributed by atoms with Crippen molar-refractivity contribution < 1.29 is 4.79 Å². The second kappa shape index (κ2) is 7.46. The van der Waals surface area contributed by atoms with Crippen LogP contribution in [0.15, 0.2) is 60.7 Å². The van der Waals surface area contributed by atoms with Gasteiger partial charge in [0.05, 0.1) is 6.42 Å². The maximum atomic E-state index is 12.5. The zero-order valence-electron chi connectivity index (χ0n) is 11.5. The summed E-state index contributed by atoms with van der Waals surface area (Å²) in [6, 6.07) is 19.6. The highest BCUT2D eigenvalue weighted by molar-refractivity contribution is 5.94. The van der Waals surface area contributed by atoms with Crippen LogP contribution >= 0.6 is 0 Å². The third-order valence-electron chi connectivity index (χ3n) is 3.15. The molecule has 0 aromatic heterocycles. The van der Waals surface area contributed by atoms with E-state index in [9.17, 15) is 4.79 Å². The summed E-state index contributed by atoms with van der Waals surface area (Å²) in [5.41, 5.74) is 7.54. The quantitative estimate of drug-likeness (QED) is 0.875. The first-order valence-electron chi connectivity index (χ1n) is 6.90. The highest BCUT2D eigenvalue weighted by Gasteiger charge is 2.15. The van der Waals surface area contributed by atoms with E-state index >= 15 is 0 Å². The molecule has 0 fully saturated rings. The van der Waals surface area contributed by atoms with E-state index in [2.05, 4.69) is 0 Å². The largest absolute Gasteiger partial charge is 0.330 e. The van der Waals surface area contributed by atoms with Crippen LogP contribution in [-0.4, -0.2) is 19.0 Å². The standard InChI is InChI=1S/C17H20N2O/c18-12-7-13-19(16-10-5-2-6-11-16)17(20)14-15-8-3-1-4-9-15/h1-6,8-11H,7,12-14,18H2. The molecule has 104 valence electrons. The van der Waals surface area contributed by atoms with Crippen LogP contribution < -0.4 is 10.6 Å². The number of benzene rings is 2. The van der Waals surface area contributed by atoms with E-state index in [-0.39, 0.29) is 5.91 Å². The smallest absolute Gasteiger partial charge is 0.231 e. The monoisotopic (exact) mass is 268 g/mol. The second-order valence-corrected chi connectivity index (χ2v) is 4.69. The van der Waals surface area contributed by atoms with Gasteiger partial charge in [0.25, 0.3) is 0 Å². The molecule has 0 aliphatic heterocycles. The molecule has 0 spiro atoms. The van der Waals surface area contributed by atoms with Crippen LogP contribution in [0.2, 0.25) is 0 Å². The van der Waals surface area contributed by atoms with Gasteiger partial charge >= 0.3 is 0 Å². The molecular weight excluding hydrogens is 248 g/mol. The first-order valence-corrected chi connectivity index (χ1v) is 6.90. The Morgan fingerprint density at radius 2 is 1.55 bits per heavy atom. The van der Waals surface area contributed by atoms with Gasteiger partial charge in [-0.25, -0.2) is 0 Å². The van der Waals surface area contributed by atoms with Gasteiger partial charge < -0.3 is 10.6 Å². The fraction of sp³-hybridized carbons (Fsp3) is 0.235. The van der Waals surface area contributed by atoms with Crippen LogP contribution in [0, 0.1) is 0 Å². The molecule has 0 heterocycles. The molecule has 2 aromatic carbocycles. The van der Waals surface area contributed by atoms with Crippen molar-refractivity contribution in [3.63, 3.8) is 0 Å². The van der Waals surface area contributed by atoms with Gasteiger partial charge in [-0.1, -0.05) is 48.5 Å². The molecule has 0 saturated heterocycles. The maximum absolute atomic E-state index is 12.5. The minimum atomic E-state index is 0.107. The van der Waals surface area contributed by atoms with Gasteiger partial charge in [-0.05, 0) is 30.7 Å². The van der Waals surface area contributed by atoms with Crippen molar-refractivity contribution in [1.29, 1.82) is 0 Å². The SMILES string of the molecule is NCCCN(C(=O)Cc1ccccc1)c1ccccc1. The Bertz CT molecular complexity index is 525. The van der Waals surface area contributed by atoms with Crippen LogP contribution in [-0.2, 0) is 11.2 Å². The molecule has 2 N–H and O–H groups in total. The molecule has 0 aliphatic rings. The van der Waals surface area contributed by atoms with Crippen LogP contribution in [0.1, 0.15) is 12.0 Å². The topological polar surface area (TPSA) is 46.3 Å². The number of rotatable bonds is 6. The lowest BCUT2D eigenvalue weighted by molar-refractivity contribution is -0.118. The zero-order valence-corrected chi connectivity index (χ0v) is 11.5. The van der Waals surface area contributed by atoms with Crippen LogP contribution in [0.25, 0.3) is 0 Å². The second-order valence-electron chi connectivity index (χ2n) is 4.69. The summed E-state index contributed by atoms with van der Waals surface area (Å²) in [7, 11) is 0. The zero-order chi connectivity index (χ0) is 14.2. The fourth-order valence-electron chi connectivity index (χ4n) is 2.12. The van der Waals surface area contributed by atoms with Gasteiger partial charge in [0, 0.05) is 12.2 Å². The van der Waals surface area contributed by atoms with Gasteiger partial charge in [-0.2, -0.15) is 0 Å². The van der Waals surface area contributed by atoms with Crippen molar-refractivity contribution in [3.8, 4) is 0 Å². The Hall–Kier alpha value is -2.13. The average molecular weight is 268 g/mol. The minimum Gasteiger partial charge on any atom is -0.330 e. The lowest BCUT2D eigenvalue weighted by Crippen LogP contribution is -2.34. The number of hydrogen-bond donors (Lipinski definition) is 1. The Morgan fingerprint density at radius 1 is 0.950 bits per heavy atom. The fourth-order valence-corrected chi connectivity index (χ4v) is 2.12. The summed E-state index contributed by atoms with van der Waals surface area (Å²) in [6.07, 6.45) is 1.22. The third-order valence-corrected chi connectivity index (χ3v) is 3.15. The highest BCUT2D eigenvalue weighted by Crippen LogP contribution is 2.15. The van der Waals surface area contributed by atoms with Gasteiger partial charge in [0.15, 0.2) is 0 Å². The number of hydrogen-bond acceptors (Lipinski definition) is 2. The van der Waals surface area contributed by atoms with E-state index < -0.39 is 0 Å². The average Bonchev–Trinajstić information content (AvgIpc) is 2.50. The number of anilines is 1. The summed E-state index contributed by atoms with van der Waals surface area (Å²) >= 11 is 0. The van der Waals surface area contributed by atoms with Crippen molar-refractivity contribution >= 4 is 11.6 Å². The van der Waals surface area contributed by atoms with Crippen molar-refractivity contribution in [2.75, 3.05) is 18.0 Å². The first-order chi connectivity index (χ1) is 9.81. The Balaban J connectivity index is 2.12. The normalized spacial score (nSPS) is 10.2. The summed E-state index contributed by atoms with van der Waals surface area (Å²) in [6.45, 7) is 1.24. The van der Waals surface area contributed by atoms with Crippen molar-refractivity contribution in [2.45, 2.75) is 12.8 Å². The minimum absolute atomic E-state index is 0.107. The summed E-state index contributed by atoms with van der Waals surface area (Å²) < 4.78 is 0. The number of amides is 1. The van der Waals surface area contributed by atoms with Gasteiger partial charge in [-0.15, -0.1) is 0 Å². The molecule has 0 radical (unpaired) electrons. The van der Waals surface area contributed by atoms with E-state index in [0.717, 1.165) is 17.7 Å². The number of para-hydroxylation sites is 1. The third kappa shape index (κ3) is 3.93. The number of carbonyl (C=O) groups excluding carboxylic acids is 1. The molecule has 0 unspecified atom stereocenters. The molecule has 0 aliphatic carbocycles. The van der Waals surface area contributed by atoms with Crippen LogP contribution in [0.3, 0.4) is 0 Å². The van der Waals surface area contributed by atoms with E-state index in [1.165, 1.54) is 0 Å². The van der Waals surface area contributed by atoms with Crippen LogP contribution in [0.5, 0.6) is 0 Å². The Morgan fingerprint density at radius 3 is 2.15 bits per heavy atom.